The molecule has 0 atom stereocenters. The number of nitrogens with two attached hydrogens (primary N) is 1. The van der Waals surface area contributed by atoms with Crippen LogP contribution in [0, 0.1) is 0 Å². The number of carbonyl (C=O) groups excluding carboxylic acids is 1. The van der Waals surface area contributed by atoms with Gasteiger partial charge in [-0.2, -0.15) is 0 Å². The number of amides is 1. The molecule has 1 aromatic carbocycles. The third-order valence-electron chi connectivity index (χ3n) is 2.55. The number of nitrogens with one attached hydrogen (secondary N) is 2. The predicted octanol–water partition coefficient (Wildman–Crippen LogP) is 1.29. The maximum absolute atomic E-state index is 12.1. The third-order valence-corrected chi connectivity index (χ3v) is 2.67. The Hall–Kier alpha value is -2.67. The Labute approximate surface area is 125 Å². The first-order valence-electron chi connectivity index (χ1n) is 6.06. The van der Waals surface area contributed by atoms with Gasteiger partial charge in [0, 0.05) is 12.3 Å². The number of anilines is 1. The molecule has 0 unspecified atom stereocenters. The summed E-state index contributed by atoms with van der Waals surface area (Å²) in [6.07, 6.45) is 1.34. The molecule has 0 spiro atoms. The zero-order valence-corrected chi connectivity index (χ0v) is 11.8. The Morgan fingerprint density at radius 1 is 1.29 bits per heavy atom. The van der Waals surface area contributed by atoms with Gasteiger partial charge in [0.1, 0.15) is 17.3 Å². The fourth-order valence-corrected chi connectivity index (χ4v) is 1.65. The fourth-order valence-electron chi connectivity index (χ4n) is 1.59. The summed E-state index contributed by atoms with van der Waals surface area (Å²) >= 11 is 4.75. The van der Waals surface area contributed by atoms with Crippen molar-refractivity contribution in [3.63, 3.8) is 0 Å². The molecule has 7 heteroatoms. The quantitative estimate of drug-likeness (QED) is 0.723. The Balaban J connectivity index is 2.15. The van der Waals surface area contributed by atoms with E-state index in [2.05, 4.69) is 10.3 Å². The lowest BCUT2D eigenvalue weighted by atomic mass is 10.2. The molecule has 0 saturated carbocycles. The van der Waals surface area contributed by atoms with E-state index in [1.807, 2.05) is 0 Å². The van der Waals surface area contributed by atoms with Gasteiger partial charge >= 0.3 is 0 Å². The molecule has 0 bridgehead atoms. The molecule has 0 aliphatic carbocycles. The van der Waals surface area contributed by atoms with Crippen LogP contribution in [-0.4, -0.2) is 22.5 Å². The number of hydrogen-bond acceptors (Lipinski definition) is 4. The van der Waals surface area contributed by atoms with Crippen LogP contribution in [0.25, 0.3) is 0 Å². The Kier molecular flexibility index (Phi) is 4.68. The van der Waals surface area contributed by atoms with E-state index in [1.165, 1.54) is 18.3 Å². The molecule has 0 aliphatic heterocycles. The van der Waals surface area contributed by atoms with E-state index in [0.717, 1.165) is 0 Å². The van der Waals surface area contributed by atoms with Crippen LogP contribution in [0.1, 0.15) is 10.4 Å². The van der Waals surface area contributed by atoms with E-state index in [4.69, 9.17) is 22.7 Å². The van der Waals surface area contributed by atoms with E-state index in [-0.39, 0.29) is 23.1 Å². The highest BCUT2D eigenvalue weighted by atomic mass is 32.1. The smallest absolute Gasteiger partial charge is 0.257 e. The predicted molar refractivity (Wildman–Crippen MR) is 83.7 cm³/mol. The van der Waals surface area contributed by atoms with Crippen LogP contribution < -0.4 is 21.3 Å². The molecule has 6 nitrogen and oxygen atoms in total. The van der Waals surface area contributed by atoms with E-state index >= 15 is 0 Å². The first-order valence-corrected chi connectivity index (χ1v) is 6.47. The third kappa shape index (κ3) is 4.15. The van der Waals surface area contributed by atoms with Crippen LogP contribution in [0.5, 0.6) is 5.75 Å². The number of hydrogen-bond donors (Lipinski definition) is 3. The van der Waals surface area contributed by atoms with Gasteiger partial charge in [0.15, 0.2) is 0 Å². The average molecular weight is 303 g/mol. The molecule has 0 saturated heterocycles. The van der Waals surface area contributed by atoms with Crippen LogP contribution in [0.4, 0.5) is 5.69 Å². The van der Waals surface area contributed by atoms with Gasteiger partial charge in [0.05, 0.1) is 11.3 Å². The van der Waals surface area contributed by atoms with Crippen molar-refractivity contribution in [2.75, 3.05) is 11.9 Å². The maximum atomic E-state index is 12.1. The van der Waals surface area contributed by atoms with Crippen LogP contribution in [0.3, 0.4) is 0 Å². The largest absolute Gasteiger partial charge is 0.484 e. The van der Waals surface area contributed by atoms with Crippen molar-refractivity contribution < 1.29 is 9.53 Å². The second-order valence-corrected chi connectivity index (χ2v) is 4.67. The van der Waals surface area contributed by atoms with Gasteiger partial charge in [-0.3, -0.25) is 9.59 Å². The lowest BCUT2D eigenvalue weighted by Crippen LogP contribution is -2.19. The zero-order chi connectivity index (χ0) is 15.2. The number of benzene rings is 1. The molecule has 0 radical (unpaired) electrons. The van der Waals surface area contributed by atoms with Gasteiger partial charge in [0.25, 0.3) is 5.91 Å². The minimum absolute atomic E-state index is 0.0842. The molecular weight excluding hydrogens is 290 g/mol. The number of thiocarbonyl (C=S) groups is 1. The van der Waals surface area contributed by atoms with Gasteiger partial charge in [0.2, 0.25) is 5.56 Å². The first kappa shape index (κ1) is 14.7. The molecule has 2 rings (SSSR count). The minimum Gasteiger partial charge on any atom is -0.484 e. The molecule has 1 aromatic heterocycles. The molecule has 1 amide bonds. The topological polar surface area (TPSA) is 97.2 Å². The second-order valence-electron chi connectivity index (χ2n) is 4.15. The summed E-state index contributed by atoms with van der Waals surface area (Å²) in [5.74, 6) is 0.0979. The first-order chi connectivity index (χ1) is 10.1. The summed E-state index contributed by atoms with van der Waals surface area (Å²) in [7, 11) is 0. The molecular formula is C14H13N3O3S. The van der Waals surface area contributed by atoms with Crippen molar-refractivity contribution in [3.8, 4) is 5.75 Å². The van der Waals surface area contributed by atoms with Gasteiger partial charge in [-0.05, 0) is 18.2 Å². The number of carbonyl (C=O) groups is 1. The summed E-state index contributed by atoms with van der Waals surface area (Å²) in [6.45, 7) is 0.0842. The normalized spacial score (nSPS) is 9.90. The van der Waals surface area contributed by atoms with Crippen molar-refractivity contribution in [3.05, 3.63) is 58.5 Å². The second kappa shape index (κ2) is 6.67. The number of rotatable bonds is 5. The molecule has 21 heavy (non-hydrogen) atoms. The van der Waals surface area contributed by atoms with Crippen molar-refractivity contribution in [1.29, 1.82) is 0 Å². The molecule has 4 N–H and O–H groups in total. The van der Waals surface area contributed by atoms with Gasteiger partial charge in [-0.25, -0.2) is 0 Å². The number of H-pyrrole nitrogens is 1. The Morgan fingerprint density at radius 3 is 2.71 bits per heavy atom. The Bertz CT molecular complexity index is 707. The summed E-state index contributed by atoms with van der Waals surface area (Å²) < 4.78 is 5.42. The van der Waals surface area contributed by atoms with Crippen LogP contribution in [0.2, 0.25) is 0 Å². The number of ether oxygens (including phenoxy) is 1. The van der Waals surface area contributed by atoms with E-state index in [0.29, 0.717) is 17.0 Å². The zero-order valence-electron chi connectivity index (χ0n) is 11.0. The number of pyridine rings is 1. The van der Waals surface area contributed by atoms with Crippen molar-refractivity contribution in [2.24, 2.45) is 5.73 Å². The van der Waals surface area contributed by atoms with Crippen molar-refractivity contribution in [2.45, 2.75) is 0 Å². The average Bonchev–Trinajstić information content (AvgIpc) is 2.47. The van der Waals surface area contributed by atoms with E-state index in [1.54, 1.807) is 24.3 Å². The number of aromatic nitrogens is 1. The lowest BCUT2D eigenvalue weighted by molar-refractivity contribution is 0.102. The van der Waals surface area contributed by atoms with Gasteiger partial charge in [-0.15, -0.1) is 0 Å². The molecule has 1 heterocycles. The van der Waals surface area contributed by atoms with Gasteiger partial charge < -0.3 is 20.8 Å². The molecule has 0 fully saturated rings. The van der Waals surface area contributed by atoms with Crippen LogP contribution in [-0.2, 0) is 0 Å². The number of aromatic amines is 1. The fraction of sp³-hybridized carbons (Fsp3) is 0.0714. The summed E-state index contributed by atoms with van der Waals surface area (Å²) in [4.78, 5) is 25.7. The number of para-hydroxylation sites is 2. The maximum Gasteiger partial charge on any atom is 0.257 e. The van der Waals surface area contributed by atoms with E-state index in [9.17, 15) is 9.59 Å². The highest BCUT2D eigenvalue weighted by Crippen LogP contribution is 2.24. The SMILES string of the molecule is NC(=S)COc1ccccc1NC(=O)c1ccc(=O)[nH]c1. The minimum atomic E-state index is -0.363. The highest BCUT2D eigenvalue weighted by molar-refractivity contribution is 7.80. The lowest BCUT2D eigenvalue weighted by Gasteiger charge is -2.11. The molecule has 108 valence electrons. The van der Waals surface area contributed by atoms with Gasteiger partial charge in [-0.1, -0.05) is 24.4 Å². The standard InChI is InChI=1S/C14H13N3O3S/c15-12(21)8-20-11-4-2-1-3-10(11)17-14(19)9-5-6-13(18)16-7-9/h1-7H,8H2,(H2,15,21)(H,16,18)(H,17,19). The van der Waals surface area contributed by atoms with Crippen molar-refractivity contribution in [1.82, 2.24) is 4.98 Å². The van der Waals surface area contributed by atoms with Crippen LogP contribution in [0.15, 0.2) is 47.4 Å². The molecule has 0 aliphatic rings. The summed E-state index contributed by atoms with van der Waals surface area (Å²) in [5, 5.41) is 2.70. The summed E-state index contributed by atoms with van der Waals surface area (Å²) in [5.41, 5.74) is 5.93. The highest BCUT2D eigenvalue weighted by Gasteiger charge is 2.10. The molecule has 2 aromatic rings. The monoisotopic (exact) mass is 303 g/mol. The van der Waals surface area contributed by atoms with Crippen molar-refractivity contribution >= 4 is 28.8 Å². The van der Waals surface area contributed by atoms with E-state index < -0.39 is 0 Å². The Morgan fingerprint density at radius 2 is 2.05 bits per heavy atom. The summed E-state index contributed by atoms with van der Waals surface area (Å²) in [6, 6.07) is 9.64. The van der Waals surface area contributed by atoms with Crippen LogP contribution >= 0.6 is 12.2 Å².